The molecule has 4 nitrogen and oxygen atoms in total. The number of hydrogen-bond acceptors (Lipinski definition) is 3. The van der Waals surface area contributed by atoms with Crippen LogP contribution in [0.3, 0.4) is 0 Å². The van der Waals surface area contributed by atoms with Gasteiger partial charge in [-0.2, -0.15) is 0 Å². The van der Waals surface area contributed by atoms with Gasteiger partial charge in [0.25, 0.3) is 5.91 Å². The highest BCUT2D eigenvalue weighted by Gasteiger charge is 2.13. The number of carbonyl (C=O) groups excluding carboxylic acids is 2. The number of hydrogen-bond donors (Lipinski definition) is 1. The lowest BCUT2D eigenvalue weighted by Crippen LogP contribution is -2.31. The predicted octanol–water partition coefficient (Wildman–Crippen LogP) is 4.57. The molecular formula is C21H24ClNO3. The van der Waals surface area contributed by atoms with Crippen molar-refractivity contribution in [1.82, 2.24) is 5.32 Å². The van der Waals surface area contributed by atoms with E-state index in [2.05, 4.69) is 31.3 Å². The molecule has 1 amide bonds. The lowest BCUT2D eigenvalue weighted by Gasteiger charge is -2.15. The van der Waals surface area contributed by atoms with Gasteiger partial charge in [0.05, 0.1) is 11.6 Å². The van der Waals surface area contributed by atoms with E-state index >= 15 is 0 Å². The topological polar surface area (TPSA) is 55.4 Å². The van der Waals surface area contributed by atoms with Gasteiger partial charge in [0.1, 0.15) is 0 Å². The zero-order chi connectivity index (χ0) is 19.1. The first-order valence-corrected chi connectivity index (χ1v) is 9.04. The molecule has 2 rings (SSSR count). The van der Waals surface area contributed by atoms with Crippen molar-refractivity contribution in [3.05, 3.63) is 70.2 Å². The van der Waals surface area contributed by atoms with Gasteiger partial charge in [-0.15, -0.1) is 0 Å². The molecule has 0 heterocycles. The summed E-state index contributed by atoms with van der Waals surface area (Å²) in [6.07, 6.45) is 1.03. The second kappa shape index (κ2) is 9.39. The van der Waals surface area contributed by atoms with Crippen molar-refractivity contribution in [2.24, 2.45) is 5.92 Å². The second-order valence-corrected chi connectivity index (χ2v) is 7.15. The Morgan fingerprint density at radius 1 is 1.00 bits per heavy atom. The smallest absolute Gasteiger partial charge is 0.338 e. The molecule has 0 spiro atoms. The summed E-state index contributed by atoms with van der Waals surface area (Å²) < 4.78 is 5.04. The highest BCUT2D eigenvalue weighted by Crippen LogP contribution is 2.15. The molecule has 0 aliphatic carbocycles. The minimum atomic E-state index is -0.553. The van der Waals surface area contributed by atoms with E-state index < -0.39 is 5.97 Å². The van der Waals surface area contributed by atoms with Gasteiger partial charge in [-0.25, -0.2) is 4.79 Å². The molecule has 0 unspecified atom stereocenters. The summed E-state index contributed by atoms with van der Waals surface area (Å²) in [6, 6.07) is 14.4. The lowest BCUT2D eigenvalue weighted by atomic mass is 10.00. The predicted molar refractivity (Wildman–Crippen MR) is 103 cm³/mol. The summed E-state index contributed by atoms with van der Waals surface area (Å²) in [6.45, 7) is 5.94. The molecule has 5 heteroatoms. The average Bonchev–Trinajstić information content (AvgIpc) is 2.60. The molecule has 0 bridgehead atoms. The van der Waals surface area contributed by atoms with Crippen LogP contribution in [0.1, 0.15) is 48.3 Å². The average molecular weight is 374 g/mol. The van der Waals surface area contributed by atoms with Crippen molar-refractivity contribution < 1.29 is 14.3 Å². The normalized spacial score (nSPS) is 11.9. The van der Waals surface area contributed by atoms with E-state index in [1.165, 1.54) is 5.56 Å². The zero-order valence-corrected chi connectivity index (χ0v) is 16.0. The summed E-state index contributed by atoms with van der Waals surface area (Å²) in [7, 11) is 0. The minimum Gasteiger partial charge on any atom is -0.452 e. The molecule has 1 atom stereocenters. The molecule has 0 radical (unpaired) electrons. The second-order valence-electron chi connectivity index (χ2n) is 6.71. The van der Waals surface area contributed by atoms with Gasteiger partial charge in [-0.3, -0.25) is 4.79 Å². The van der Waals surface area contributed by atoms with E-state index in [0.717, 1.165) is 12.0 Å². The number of amides is 1. The SMILES string of the molecule is CC(C)Cc1ccc([C@@H](C)NC(=O)COC(=O)c2ccc(Cl)cc2)cc1. The summed E-state index contributed by atoms with van der Waals surface area (Å²) in [5, 5.41) is 3.37. The molecule has 0 aliphatic heterocycles. The Kier molecular flexibility index (Phi) is 7.22. The molecule has 138 valence electrons. The van der Waals surface area contributed by atoms with Gasteiger partial charge in [-0.1, -0.05) is 49.7 Å². The van der Waals surface area contributed by atoms with E-state index in [1.807, 2.05) is 19.1 Å². The van der Waals surface area contributed by atoms with Crippen molar-refractivity contribution in [2.45, 2.75) is 33.2 Å². The molecule has 2 aromatic carbocycles. The molecule has 2 aromatic rings. The zero-order valence-electron chi connectivity index (χ0n) is 15.3. The summed E-state index contributed by atoms with van der Waals surface area (Å²) in [4.78, 5) is 23.9. The van der Waals surface area contributed by atoms with Crippen LogP contribution >= 0.6 is 11.6 Å². The van der Waals surface area contributed by atoms with Crippen LogP contribution in [0.2, 0.25) is 5.02 Å². The maximum absolute atomic E-state index is 12.0. The highest BCUT2D eigenvalue weighted by molar-refractivity contribution is 6.30. The van der Waals surface area contributed by atoms with Crippen LogP contribution in [-0.2, 0) is 16.0 Å². The highest BCUT2D eigenvalue weighted by atomic mass is 35.5. The quantitative estimate of drug-likeness (QED) is 0.723. The third-order valence-corrected chi connectivity index (χ3v) is 4.17. The van der Waals surface area contributed by atoms with Gasteiger partial charge < -0.3 is 10.1 Å². The number of ether oxygens (including phenoxy) is 1. The standard InChI is InChI=1S/C21H24ClNO3/c1-14(2)12-16-4-6-17(7-5-16)15(3)23-20(24)13-26-21(25)18-8-10-19(22)11-9-18/h4-11,14-15H,12-13H2,1-3H3,(H,23,24)/t15-/m1/s1. The molecule has 0 saturated heterocycles. The Labute approximate surface area is 159 Å². The van der Waals surface area contributed by atoms with E-state index in [4.69, 9.17) is 16.3 Å². The van der Waals surface area contributed by atoms with Crippen LogP contribution in [-0.4, -0.2) is 18.5 Å². The van der Waals surface area contributed by atoms with E-state index in [9.17, 15) is 9.59 Å². The van der Waals surface area contributed by atoms with Crippen molar-refractivity contribution in [3.8, 4) is 0 Å². The Hall–Kier alpha value is -2.33. The lowest BCUT2D eigenvalue weighted by molar-refractivity contribution is -0.124. The van der Waals surface area contributed by atoms with Gasteiger partial charge >= 0.3 is 5.97 Å². The van der Waals surface area contributed by atoms with Crippen molar-refractivity contribution in [1.29, 1.82) is 0 Å². The first kappa shape index (κ1) is 20.0. The fraction of sp³-hybridized carbons (Fsp3) is 0.333. The maximum atomic E-state index is 12.0. The first-order valence-electron chi connectivity index (χ1n) is 8.66. The van der Waals surface area contributed by atoms with E-state index in [1.54, 1.807) is 24.3 Å². The molecule has 26 heavy (non-hydrogen) atoms. The van der Waals surface area contributed by atoms with Gasteiger partial charge in [0.15, 0.2) is 6.61 Å². The Bertz CT molecular complexity index is 739. The fourth-order valence-corrected chi connectivity index (χ4v) is 2.71. The van der Waals surface area contributed by atoms with Crippen LogP contribution in [0, 0.1) is 5.92 Å². The van der Waals surface area contributed by atoms with Crippen LogP contribution in [0.5, 0.6) is 0 Å². The van der Waals surface area contributed by atoms with Gasteiger partial charge in [-0.05, 0) is 54.7 Å². The molecule has 0 aromatic heterocycles. The number of esters is 1. The third kappa shape index (κ3) is 6.19. The summed E-state index contributed by atoms with van der Waals surface area (Å²) >= 11 is 5.78. The Morgan fingerprint density at radius 2 is 1.62 bits per heavy atom. The number of benzene rings is 2. The summed E-state index contributed by atoms with van der Waals surface area (Å²) in [5.41, 5.74) is 2.64. The van der Waals surface area contributed by atoms with Gasteiger partial charge in [0, 0.05) is 5.02 Å². The first-order chi connectivity index (χ1) is 12.3. The van der Waals surface area contributed by atoms with Crippen molar-refractivity contribution >= 4 is 23.5 Å². The molecular weight excluding hydrogens is 350 g/mol. The molecule has 0 aliphatic rings. The van der Waals surface area contributed by atoms with Crippen molar-refractivity contribution in [3.63, 3.8) is 0 Å². The van der Waals surface area contributed by atoms with Crippen LogP contribution in [0.4, 0.5) is 0 Å². The van der Waals surface area contributed by atoms with E-state index in [0.29, 0.717) is 16.5 Å². The third-order valence-electron chi connectivity index (χ3n) is 3.92. The molecule has 0 saturated carbocycles. The van der Waals surface area contributed by atoms with Gasteiger partial charge in [0.2, 0.25) is 0 Å². The minimum absolute atomic E-state index is 0.162. The molecule has 1 N–H and O–H groups in total. The monoisotopic (exact) mass is 373 g/mol. The summed E-state index contributed by atoms with van der Waals surface area (Å²) in [5.74, 6) is -0.290. The number of rotatable bonds is 7. The number of carbonyl (C=O) groups is 2. The Morgan fingerprint density at radius 3 is 2.19 bits per heavy atom. The largest absolute Gasteiger partial charge is 0.452 e. The number of halogens is 1. The van der Waals surface area contributed by atoms with Crippen LogP contribution in [0.25, 0.3) is 0 Å². The van der Waals surface area contributed by atoms with Crippen LogP contribution < -0.4 is 5.32 Å². The van der Waals surface area contributed by atoms with E-state index in [-0.39, 0.29) is 18.6 Å². The van der Waals surface area contributed by atoms with Crippen molar-refractivity contribution in [2.75, 3.05) is 6.61 Å². The molecule has 0 fully saturated rings. The fourth-order valence-electron chi connectivity index (χ4n) is 2.58. The van der Waals surface area contributed by atoms with Crippen LogP contribution in [0.15, 0.2) is 48.5 Å². The maximum Gasteiger partial charge on any atom is 0.338 e. The number of nitrogens with one attached hydrogen (secondary N) is 1. The Balaban J connectivity index is 1.83.